The Morgan fingerprint density at radius 2 is 1.59 bits per heavy atom. The molecule has 1 atom stereocenters. The van der Waals surface area contributed by atoms with Crippen LogP contribution in [0.5, 0.6) is 0 Å². The van der Waals surface area contributed by atoms with Crippen LogP contribution in [-0.4, -0.2) is 37.7 Å². The van der Waals surface area contributed by atoms with Crippen LogP contribution in [0.15, 0.2) is 48.5 Å². The molecule has 140 valence electrons. The Kier molecular flexibility index (Phi) is 5.52. The summed E-state index contributed by atoms with van der Waals surface area (Å²) in [6, 6.07) is 14.6. The lowest BCUT2D eigenvalue weighted by Gasteiger charge is -2.14. The molecule has 0 bridgehead atoms. The van der Waals surface area contributed by atoms with E-state index < -0.39 is 24.1 Å². The number of benzene rings is 2. The Labute approximate surface area is 156 Å². The molecule has 1 aliphatic rings. The van der Waals surface area contributed by atoms with Crippen molar-refractivity contribution in [2.75, 3.05) is 13.7 Å². The zero-order valence-electron chi connectivity index (χ0n) is 14.8. The van der Waals surface area contributed by atoms with Crippen molar-refractivity contribution in [3.05, 3.63) is 59.7 Å². The number of hydrogen-bond acceptors (Lipinski definition) is 6. The van der Waals surface area contributed by atoms with Crippen LogP contribution in [-0.2, 0) is 19.1 Å². The summed E-state index contributed by atoms with van der Waals surface area (Å²) < 4.78 is 9.74. The van der Waals surface area contributed by atoms with Crippen molar-refractivity contribution in [3.63, 3.8) is 0 Å². The van der Waals surface area contributed by atoms with Crippen molar-refractivity contribution in [2.45, 2.75) is 18.4 Å². The minimum Gasteiger partial charge on any atom is -0.433 e. The average Bonchev–Trinajstić information content (AvgIpc) is 3.00. The van der Waals surface area contributed by atoms with Gasteiger partial charge in [-0.25, -0.2) is 9.59 Å². The van der Waals surface area contributed by atoms with Crippen molar-refractivity contribution in [3.8, 4) is 11.1 Å². The summed E-state index contributed by atoms with van der Waals surface area (Å²) in [5.74, 6) is -1.57. The van der Waals surface area contributed by atoms with Gasteiger partial charge in [-0.2, -0.15) is 0 Å². The topological polar surface area (TPSA) is 108 Å². The van der Waals surface area contributed by atoms with Crippen LogP contribution in [0.3, 0.4) is 0 Å². The zero-order valence-corrected chi connectivity index (χ0v) is 14.8. The van der Waals surface area contributed by atoms with Crippen LogP contribution in [0.2, 0.25) is 0 Å². The van der Waals surface area contributed by atoms with Crippen molar-refractivity contribution < 1.29 is 23.9 Å². The zero-order chi connectivity index (χ0) is 19.4. The van der Waals surface area contributed by atoms with Gasteiger partial charge in [-0.15, -0.1) is 0 Å². The maximum Gasteiger partial charge on any atom is 0.516 e. The molecule has 0 aromatic heterocycles. The second-order valence-corrected chi connectivity index (χ2v) is 6.19. The third kappa shape index (κ3) is 3.98. The first-order chi connectivity index (χ1) is 13.0. The van der Waals surface area contributed by atoms with Gasteiger partial charge in [0, 0.05) is 13.0 Å². The van der Waals surface area contributed by atoms with Gasteiger partial charge in [0.15, 0.2) is 0 Å². The number of amides is 1. The molecule has 0 saturated carbocycles. The summed E-state index contributed by atoms with van der Waals surface area (Å²) in [5.41, 5.74) is 9.84. The van der Waals surface area contributed by atoms with Crippen LogP contribution in [0, 0.1) is 0 Å². The fourth-order valence-electron chi connectivity index (χ4n) is 3.16. The molecule has 1 amide bonds. The molecule has 0 aliphatic heterocycles. The molecule has 3 N–H and O–H groups in total. The first-order valence-electron chi connectivity index (χ1n) is 8.54. The first kappa shape index (κ1) is 18.6. The van der Waals surface area contributed by atoms with Gasteiger partial charge in [0.25, 0.3) is 0 Å². The van der Waals surface area contributed by atoms with Crippen LogP contribution < -0.4 is 11.1 Å². The van der Waals surface area contributed by atoms with Gasteiger partial charge < -0.3 is 20.5 Å². The van der Waals surface area contributed by atoms with E-state index in [1.807, 2.05) is 48.5 Å². The molecule has 2 aromatic rings. The predicted molar refractivity (Wildman–Crippen MR) is 97.8 cm³/mol. The third-order valence-corrected chi connectivity index (χ3v) is 4.50. The molecule has 3 rings (SSSR count). The molecule has 0 saturated heterocycles. The normalized spacial score (nSPS) is 13.3. The van der Waals surface area contributed by atoms with E-state index in [1.165, 1.54) is 7.05 Å². The van der Waals surface area contributed by atoms with Crippen molar-refractivity contribution in [2.24, 2.45) is 5.73 Å². The molecule has 27 heavy (non-hydrogen) atoms. The Hall–Kier alpha value is -3.19. The van der Waals surface area contributed by atoms with E-state index in [0.717, 1.165) is 22.3 Å². The minimum absolute atomic E-state index is 0.0326. The molecule has 7 heteroatoms. The first-order valence-corrected chi connectivity index (χ1v) is 8.54. The fraction of sp³-hybridized carbons (Fsp3) is 0.250. The van der Waals surface area contributed by atoms with Gasteiger partial charge in [-0.05, 0) is 22.3 Å². The molecule has 2 aromatic carbocycles. The summed E-state index contributed by atoms with van der Waals surface area (Å²) >= 11 is 0. The second-order valence-electron chi connectivity index (χ2n) is 6.19. The lowest BCUT2D eigenvalue weighted by Crippen LogP contribution is -2.38. The molecule has 0 radical (unpaired) electrons. The van der Waals surface area contributed by atoms with Gasteiger partial charge in [0.1, 0.15) is 12.6 Å². The Balaban J connectivity index is 1.62. The standard InChI is InChI=1S/C20H20N2O5/c1-22-18(23)10-17(21)19(24)27-20(25)26-11-16-14-8-4-2-6-12(14)13-7-3-5-9-15(13)16/h2-9,16-17H,10-11,21H2,1H3,(H,22,23)/t17-/m1/s1. The van der Waals surface area contributed by atoms with Crippen molar-refractivity contribution >= 4 is 18.0 Å². The number of rotatable bonds is 5. The number of hydrogen-bond donors (Lipinski definition) is 2. The van der Waals surface area contributed by atoms with E-state index >= 15 is 0 Å². The maximum atomic E-state index is 11.9. The van der Waals surface area contributed by atoms with Gasteiger partial charge in [0.05, 0.1) is 6.42 Å². The largest absolute Gasteiger partial charge is 0.516 e. The van der Waals surface area contributed by atoms with Gasteiger partial charge in [-0.1, -0.05) is 48.5 Å². The Morgan fingerprint density at radius 1 is 1.04 bits per heavy atom. The van der Waals surface area contributed by atoms with Crippen LogP contribution in [0.25, 0.3) is 11.1 Å². The molecule has 0 heterocycles. The number of nitrogens with two attached hydrogens (primary N) is 1. The molecular formula is C20H20N2O5. The van der Waals surface area contributed by atoms with E-state index in [9.17, 15) is 14.4 Å². The highest BCUT2D eigenvalue weighted by Crippen LogP contribution is 2.44. The van der Waals surface area contributed by atoms with Gasteiger partial charge in [0.2, 0.25) is 5.91 Å². The highest BCUT2D eigenvalue weighted by atomic mass is 16.7. The molecular weight excluding hydrogens is 348 g/mol. The predicted octanol–water partition coefficient (Wildman–Crippen LogP) is 1.94. The SMILES string of the molecule is CNC(=O)C[C@@H](N)C(=O)OC(=O)OCC1c2ccccc2-c2ccccc21. The van der Waals surface area contributed by atoms with Crippen molar-refractivity contribution in [1.29, 1.82) is 0 Å². The quantitative estimate of drug-likeness (QED) is 0.617. The number of nitrogens with one attached hydrogen (secondary N) is 1. The highest BCUT2D eigenvalue weighted by Gasteiger charge is 2.30. The summed E-state index contributed by atoms with van der Waals surface area (Å²) in [6.07, 6.45) is -1.40. The lowest BCUT2D eigenvalue weighted by molar-refractivity contribution is -0.143. The molecule has 7 nitrogen and oxygen atoms in total. The van der Waals surface area contributed by atoms with Crippen molar-refractivity contribution in [1.82, 2.24) is 5.32 Å². The van der Waals surface area contributed by atoms with Gasteiger partial charge >= 0.3 is 12.1 Å². The maximum absolute atomic E-state index is 11.9. The number of carbonyl (C=O) groups excluding carboxylic acids is 3. The fourth-order valence-corrected chi connectivity index (χ4v) is 3.16. The second kappa shape index (κ2) is 8.01. The lowest BCUT2D eigenvalue weighted by atomic mass is 9.98. The van der Waals surface area contributed by atoms with E-state index in [1.54, 1.807) is 0 Å². The number of fused-ring (bicyclic) bond motifs is 3. The molecule has 0 fully saturated rings. The smallest absolute Gasteiger partial charge is 0.433 e. The highest BCUT2D eigenvalue weighted by molar-refractivity contribution is 5.89. The van der Waals surface area contributed by atoms with Crippen LogP contribution in [0.4, 0.5) is 4.79 Å². The van der Waals surface area contributed by atoms with E-state index in [0.29, 0.717) is 0 Å². The van der Waals surface area contributed by atoms with Crippen LogP contribution >= 0.6 is 0 Å². The monoisotopic (exact) mass is 368 g/mol. The van der Waals surface area contributed by atoms with E-state index in [2.05, 4.69) is 10.1 Å². The minimum atomic E-state index is -1.23. The summed E-state index contributed by atoms with van der Waals surface area (Å²) in [5, 5.41) is 2.34. The summed E-state index contributed by atoms with van der Waals surface area (Å²) in [4.78, 5) is 34.9. The summed E-state index contributed by atoms with van der Waals surface area (Å²) in [7, 11) is 1.42. The van der Waals surface area contributed by atoms with Crippen LogP contribution in [0.1, 0.15) is 23.5 Å². The molecule has 0 unspecified atom stereocenters. The summed E-state index contributed by atoms with van der Waals surface area (Å²) in [6.45, 7) is 0.0326. The number of ether oxygens (including phenoxy) is 2. The molecule has 0 spiro atoms. The Morgan fingerprint density at radius 3 is 2.15 bits per heavy atom. The third-order valence-electron chi connectivity index (χ3n) is 4.50. The number of esters is 1. The van der Waals surface area contributed by atoms with E-state index in [4.69, 9.17) is 10.5 Å². The number of carbonyl (C=O) groups is 3. The average molecular weight is 368 g/mol. The Bertz CT molecular complexity index is 835. The van der Waals surface area contributed by atoms with Gasteiger partial charge in [-0.3, -0.25) is 4.79 Å². The molecule has 1 aliphatic carbocycles. The van der Waals surface area contributed by atoms with E-state index in [-0.39, 0.29) is 18.9 Å².